The first-order chi connectivity index (χ1) is 8.16. The number of hydrogen-bond acceptors (Lipinski definition) is 5. The van der Waals surface area contributed by atoms with Crippen molar-refractivity contribution < 1.29 is 4.39 Å². The fourth-order valence-corrected chi connectivity index (χ4v) is 2.00. The zero-order valence-corrected chi connectivity index (χ0v) is 10.5. The van der Waals surface area contributed by atoms with E-state index in [0.29, 0.717) is 12.5 Å². The minimum atomic E-state index is -0.420. The summed E-state index contributed by atoms with van der Waals surface area (Å²) in [4.78, 5) is 9.62. The molecular formula is C11H13FN4S. The van der Waals surface area contributed by atoms with Gasteiger partial charge in [-0.2, -0.15) is 16.3 Å². The first-order valence-electron chi connectivity index (χ1n) is 5.11. The van der Waals surface area contributed by atoms with Gasteiger partial charge in [-0.15, -0.1) is 0 Å². The minimum Gasteiger partial charge on any atom is -0.360 e. The van der Waals surface area contributed by atoms with Gasteiger partial charge in [-0.05, 0) is 22.4 Å². The number of nitrogens with one attached hydrogen (secondary N) is 1. The average Bonchev–Trinajstić information content (AvgIpc) is 2.80. The number of rotatable bonds is 4. The highest BCUT2D eigenvalue weighted by Gasteiger charge is 2.08. The molecule has 0 aliphatic rings. The van der Waals surface area contributed by atoms with Gasteiger partial charge in [0.1, 0.15) is 0 Å². The lowest BCUT2D eigenvalue weighted by atomic mass is 10.3. The van der Waals surface area contributed by atoms with Crippen LogP contribution in [0.5, 0.6) is 0 Å². The molecule has 0 bridgehead atoms. The van der Waals surface area contributed by atoms with Crippen molar-refractivity contribution in [2.75, 3.05) is 24.3 Å². The van der Waals surface area contributed by atoms with E-state index in [2.05, 4.69) is 15.3 Å². The first-order valence-corrected chi connectivity index (χ1v) is 6.06. The third kappa shape index (κ3) is 2.91. The number of nitrogens with zero attached hydrogens (tertiary/aromatic N) is 3. The predicted molar refractivity (Wildman–Crippen MR) is 68.0 cm³/mol. The number of thiophene rings is 1. The van der Waals surface area contributed by atoms with E-state index in [1.54, 1.807) is 30.3 Å². The molecule has 6 heteroatoms. The van der Waals surface area contributed by atoms with Gasteiger partial charge in [-0.3, -0.25) is 0 Å². The summed E-state index contributed by atoms with van der Waals surface area (Å²) in [5.74, 6) is 0.296. The van der Waals surface area contributed by atoms with Crippen LogP contribution < -0.4 is 10.2 Å². The van der Waals surface area contributed by atoms with Crippen LogP contribution >= 0.6 is 11.3 Å². The van der Waals surface area contributed by atoms with Gasteiger partial charge in [-0.25, -0.2) is 9.37 Å². The van der Waals surface area contributed by atoms with E-state index in [4.69, 9.17) is 0 Å². The smallest absolute Gasteiger partial charge is 0.225 e. The number of hydrogen-bond donors (Lipinski definition) is 1. The van der Waals surface area contributed by atoms with Crippen molar-refractivity contribution in [3.63, 3.8) is 0 Å². The summed E-state index contributed by atoms with van der Waals surface area (Å²) >= 11 is 1.64. The largest absolute Gasteiger partial charge is 0.360 e. The van der Waals surface area contributed by atoms with Crippen LogP contribution in [0.4, 0.5) is 16.2 Å². The third-order valence-electron chi connectivity index (χ3n) is 2.18. The first kappa shape index (κ1) is 11.8. The molecule has 0 saturated heterocycles. The maximum atomic E-state index is 13.3. The molecule has 0 amide bonds. The number of halogens is 1. The molecule has 2 heterocycles. The Morgan fingerprint density at radius 1 is 1.47 bits per heavy atom. The van der Waals surface area contributed by atoms with Crippen LogP contribution in [0, 0.1) is 5.82 Å². The Kier molecular flexibility index (Phi) is 3.53. The second-order valence-electron chi connectivity index (χ2n) is 3.74. The van der Waals surface area contributed by atoms with Crippen LogP contribution in [0.25, 0.3) is 0 Å². The van der Waals surface area contributed by atoms with E-state index in [-0.39, 0.29) is 5.82 Å². The Hall–Kier alpha value is -1.69. The molecule has 4 nitrogen and oxygen atoms in total. The molecule has 2 rings (SSSR count). The Morgan fingerprint density at radius 3 is 2.94 bits per heavy atom. The molecular weight excluding hydrogens is 239 g/mol. The fourth-order valence-electron chi connectivity index (χ4n) is 1.33. The summed E-state index contributed by atoms with van der Waals surface area (Å²) in [5, 5.41) is 7.11. The quantitative estimate of drug-likeness (QED) is 0.907. The molecule has 2 aromatic heterocycles. The second-order valence-corrected chi connectivity index (χ2v) is 4.52. The molecule has 0 aromatic carbocycles. The van der Waals surface area contributed by atoms with E-state index in [1.807, 2.05) is 16.8 Å². The van der Waals surface area contributed by atoms with Crippen molar-refractivity contribution in [1.82, 2.24) is 9.97 Å². The molecule has 0 aliphatic heterocycles. The Morgan fingerprint density at radius 2 is 2.29 bits per heavy atom. The maximum Gasteiger partial charge on any atom is 0.225 e. The van der Waals surface area contributed by atoms with E-state index in [1.165, 1.54) is 6.20 Å². The summed E-state index contributed by atoms with van der Waals surface area (Å²) in [5.41, 5.74) is 1.16. The Bertz CT molecular complexity index is 484. The van der Waals surface area contributed by atoms with Gasteiger partial charge in [-0.1, -0.05) is 0 Å². The fraction of sp³-hybridized carbons (Fsp3) is 0.273. The van der Waals surface area contributed by atoms with E-state index >= 15 is 0 Å². The molecule has 0 atom stereocenters. The van der Waals surface area contributed by atoms with Crippen molar-refractivity contribution in [2.24, 2.45) is 0 Å². The van der Waals surface area contributed by atoms with E-state index < -0.39 is 5.82 Å². The average molecular weight is 252 g/mol. The van der Waals surface area contributed by atoms with Crippen molar-refractivity contribution in [1.29, 1.82) is 0 Å². The van der Waals surface area contributed by atoms with Gasteiger partial charge in [0.15, 0.2) is 11.6 Å². The SMILES string of the molecule is CN(C)c1nc(NCc2ccsc2)ncc1F. The van der Waals surface area contributed by atoms with Crippen LogP contribution in [0.1, 0.15) is 5.56 Å². The molecule has 0 radical (unpaired) electrons. The van der Waals surface area contributed by atoms with Gasteiger partial charge >= 0.3 is 0 Å². The van der Waals surface area contributed by atoms with Crippen LogP contribution in [-0.2, 0) is 6.54 Å². The Balaban J connectivity index is 2.09. The Labute approximate surface area is 103 Å². The van der Waals surface area contributed by atoms with Gasteiger partial charge in [0, 0.05) is 20.6 Å². The summed E-state index contributed by atoms with van der Waals surface area (Å²) in [6.07, 6.45) is 1.18. The molecule has 0 spiro atoms. The molecule has 0 aliphatic carbocycles. The van der Waals surface area contributed by atoms with Gasteiger partial charge < -0.3 is 10.2 Å². The lowest BCUT2D eigenvalue weighted by Gasteiger charge is -2.13. The van der Waals surface area contributed by atoms with Crippen LogP contribution in [0.15, 0.2) is 23.0 Å². The van der Waals surface area contributed by atoms with Crippen molar-refractivity contribution in [3.8, 4) is 0 Å². The topological polar surface area (TPSA) is 41.1 Å². The number of aromatic nitrogens is 2. The molecule has 0 unspecified atom stereocenters. The minimum absolute atomic E-state index is 0.285. The number of anilines is 2. The van der Waals surface area contributed by atoms with Gasteiger partial charge in [0.25, 0.3) is 0 Å². The van der Waals surface area contributed by atoms with E-state index in [9.17, 15) is 4.39 Å². The third-order valence-corrected chi connectivity index (χ3v) is 2.91. The molecule has 1 N–H and O–H groups in total. The van der Waals surface area contributed by atoms with E-state index in [0.717, 1.165) is 5.56 Å². The summed E-state index contributed by atoms with van der Waals surface area (Å²) in [7, 11) is 3.49. The lowest BCUT2D eigenvalue weighted by Crippen LogP contribution is -2.14. The summed E-state index contributed by atoms with van der Waals surface area (Å²) in [6.45, 7) is 0.641. The monoisotopic (exact) mass is 252 g/mol. The summed E-state index contributed by atoms with van der Waals surface area (Å²) < 4.78 is 13.3. The van der Waals surface area contributed by atoms with Crippen LogP contribution in [-0.4, -0.2) is 24.1 Å². The molecule has 0 fully saturated rings. The second kappa shape index (κ2) is 5.09. The normalized spacial score (nSPS) is 10.3. The predicted octanol–water partition coefficient (Wildman–Crippen LogP) is 2.36. The zero-order valence-electron chi connectivity index (χ0n) is 9.64. The molecule has 0 saturated carbocycles. The zero-order chi connectivity index (χ0) is 12.3. The summed E-state index contributed by atoms with van der Waals surface area (Å²) in [6, 6.07) is 2.02. The molecule has 2 aromatic rings. The highest BCUT2D eigenvalue weighted by molar-refractivity contribution is 7.07. The highest BCUT2D eigenvalue weighted by atomic mass is 32.1. The van der Waals surface area contributed by atoms with Crippen LogP contribution in [0.3, 0.4) is 0 Å². The van der Waals surface area contributed by atoms with Gasteiger partial charge in [0.2, 0.25) is 5.95 Å². The molecule has 90 valence electrons. The van der Waals surface area contributed by atoms with Crippen LogP contribution in [0.2, 0.25) is 0 Å². The highest BCUT2D eigenvalue weighted by Crippen LogP contribution is 2.15. The molecule has 17 heavy (non-hydrogen) atoms. The van der Waals surface area contributed by atoms with Crippen molar-refractivity contribution in [2.45, 2.75) is 6.54 Å². The maximum absolute atomic E-state index is 13.3. The van der Waals surface area contributed by atoms with Gasteiger partial charge in [0.05, 0.1) is 6.20 Å². The lowest BCUT2D eigenvalue weighted by molar-refractivity contribution is 0.612. The standard InChI is InChI=1S/C11H13FN4S/c1-16(2)10-9(12)6-14-11(15-10)13-5-8-3-4-17-7-8/h3-4,6-7H,5H2,1-2H3,(H,13,14,15). The van der Waals surface area contributed by atoms with Crippen molar-refractivity contribution in [3.05, 3.63) is 34.4 Å². The van der Waals surface area contributed by atoms with Crippen molar-refractivity contribution >= 4 is 23.1 Å².